The fourth-order valence-electron chi connectivity index (χ4n) is 2.59. The number of carbonyl (C=O) groups excluding carboxylic acids is 1. The number of aryl methyl sites for hydroxylation is 1. The fourth-order valence-corrected chi connectivity index (χ4v) is 2.85. The van der Waals surface area contributed by atoms with E-state index in [1.54, 1.807) is 24.1 Å². The lowest BCUT2D eigenvalue weighted by atomic mass is 10.1. The van der Waals surface area contributed by atoms with E-state index in [1.807, 2.05) is 39.0 Å². The van der Waals surface area contributed by atoms with E-state index in [0.29, 0.717) is 28.7 Å². The SMILES string of the molecule is CCCOc1c(Cl)cc(C(=O)N(C)c2cccc(C)c2C)cc1OC. The molecule has 0 atom stereocenters. The van der Waals surface area contributed by atoms with Crippen molar-refractivity contribution >= 4 is 23.2 Å². The molecule has 0 bridgehead atoms. The summed E-state index contributed by atoms with van der Waals surface area (Å²) in [7, 11) is 3.29. The summed E-state index contributed by atoms with van der Waals surface area (Å²) in [6.07, 6.45) is 0.857. The van der Waals surface area contributed by atoms with Gasteiger partial charge in [-0.2, -0.15) is 0 Å². The standard InChI is InChI=1S/C20H24ClNO3/c1-6-10-25-19-16(21)11-15(12-18(19)24-5)20(23)22(4)17-9-7-8-13(2)14(17)3/h7-9,11-12H,6,10H2,1-5H3. The minimum atomic E-state index is -0.157. The number of benzene rings is 2. The summed E-state index contributed by atoms with van der Waals surface area (Å²) in [6.45, 7) is 6.57. The molecule has 0 spiro atoms. The summed E-state index contributed by atoms with van der Waals surface area (Å²) >= 11 is 6.32. The predicted molar refractivity (Wildman–Crippen MR) is 102 cm³/mol. The molecular weight excluding hydrogens is 338 g/mol. The largest absolute Gasteiger partial charge is 0.493 e. The van der Waals surface area contributed by atoms with Crippen molar-refractivity contribution in [2.45, 2.75) is 27.2 Å². The first-order valence-electron chi connectivity index (χ1n) is 8.25. The van der Waals surface area contributed by atoms with Crippen molar-refractivity contribution in [2.24, 2.45) is 0 Å². The van der Waals surface area contributed by atoms with E-state index in [9.17, 15) is 4.79 Å². The number of methoxy groups -OCH3 is 1. The average Bonchev–Trinajstić information content (AvgIpc) is 2.61. The molecule has 0 aliphatic carbocycles. The van der Waals surface area contributed by atoms with Gasteiger partial charge in [0.25, 0.3) is 5.91 Å². The number of hydrogen-bond acceptors (Lipinski definition) is 3. The van der Waals surface area contributed by atoms with Crippen molar-refractivity contribution in [1.82, 2.24) is 0 Å². The molecule has 4 nitrogen and oxygen atoms in total. The van der Waals surface area contributed by atoms with Crippen LogP contribution in [0.5, 0.6) is 11.5 Å². The number of anilines is 1. The third-order valence-corrected chi connectivity index (χ3v) is 4.45. The van der Waals surface area contributed by atoms with Crippen LogP contribution >= 0.6 is 11.6 Å². The number of amides is 1. The highest BCUT2D eigenvalue weighted by Gasteiger charge is 2.20. The normalized spacial score (nSPS) is 10.5. The van der Waals surface area contributed by atoms with Gasteiger partial charge in [-0.1, -0.05) is 30.7 Å². The third-order valence-electron chi connectivity index (χ3n) is 4.17. The number of rotatable bonds is 6. The van der Waals surface area contributed by atoms with Gasteiger partial charge in [0.1, 0.15) is 0 Å². The first-order chi connectivity index (χ1) is 11.9. The van der Waals surface area contributed by atoms with Gasteiger partial charge in [0.15, 0.2) is 11.5 Å². The maximum Gasteiger partial charge on any atom is 0.258 e. The van der Waals surface area contributed by atoms with Gasteiger partial charge in [0, 0.05) is 18.3 Å². The van der Waals surface area contributed by atoms with Gasteiger partial charge in [-0.05, 0) is 49.6 Å². The Morgan fingerprint density at radius 1 is 1.24 bits per heavy atom. The Hall–Kier alpha value is -2.20. The highest BCUT2D eigenvalue weighted by atomic mass is 35.5. The molecule has 0 heterocycles. The molecule has 0 N–H and O–H groups in total. The smallest absolute Gasteiger partial charge is 0.258 e. The second-order valence-corrected chi connectivity index (χ2v) is 6.33. The molecule has 0 aromatic heterocycles. The third kappa shape index (κ3) is 4.07. The van der Waals surface area contributed by atoms with Gasteiger partial charge in [-0.15, -0.1) is 0 Å². The molecular formula is C20H24ClNO3. The van der Waals surface area contributed by atoms with Gasteiger partial charge in [-0.25, -0.2) is 0 Å². The number of halogens is 1. The lowest BCUT2D eigenvalue weighted by molar-refractivity contribution is 0.0992. The van der Waals surface area contributed by atoms with Gasteiger partial charge < -0.3 is 14.4 Å². The summed E-state index contributed by atoms with van der Waals surface area (Å²) in [5.74, 6) is 0.770. The molecule has 25 heavy (non-hydrogen) atoms. The van der Waals surface area contributed by atoms with Crippen LogP contribution < -0.4 is 14.4 Å². The Kier molecular flexibility index (Phi) is 6.32. The van der Waals surface area contributed by atoms with Crippen molar-refractivity contribution in [3.63, 3.8) is 0 Å². The van der Waals surface area contributed by atoms with E-state index < -0.39 is 0 Å². The van der Waals surface area contributed by atoms with Gasteiger partial charge in [0.2, 0.25) is 0 Å². The molecule has 0 aliphatic rings. The van der Waals surface area contributed by atoms with Crippen LogP contribution in [0.25, 0.3) is 0 Å². The second kappa shape index (κ2) is 8.26. The Balaban J connectivity index is 2.38. The quantitative estimate of drug-likeness (QED) is 0.724. The highest BCUT2D eigenvalue weighted by molar-refractivity contribution is 6.32. The maximum atomic E-state index is 12.9. The Labute approximate surface area is 154 Å². The maximum absolute atomic E-state index is 12.9. The van der Waals surface area contributed by atoms with Crippen molar-refractivity contribution in [1.29, 1.82) is 0 Å². The molecule has 0 fully saturated rings. The van der Waals surface area contributed by atoms with E-state index >= 15 is 0 Å². The van der Waals surface area contributed by atoms with E-state index in [1.165, 1.54) is 7.11 Å². The fraction of sp³-hybridized carbons (Fsp3) is 0.350. The van der Waals surface area contributed by atoms with Crippen LogP contribution in [0.15, 0.2) is 30.3 Å². The van der Waals surface area contributed by atoms with Crippen LogP contribution in [0.1, 0.15) is 34.8 Å². The molecule has 134 valence electrons. The van der Waals surface area contributed by atoms with Crippen LogP contribution in [0.2, 0.25) is 5.02 Å². The van der Waals surface area contributed by atoms with Gasteiger partial charge >= 0.3 is 0 Å². The lowest BCUT2D eigenvalue weighted by Gasteiger charge is -2.21. The molecule has 2 aromatic carbocycles. The van der Waals surface area contributed by atoms with E-state index in [2.05, 4.69) is 0 Å². The molecule has 1 amide bonds. The Morgan fingerprint density at radius 2 is 1.96 bits per heavy atom. The van der Waals surface area contributed by atoms with E-state index in [0.717, 1.165) is 23.2 Å². The zero-order valence-electron chi connectivity index (χ0n) is 15.4. The zero-order chi connectivity index (χ0) is 18.6. The molecule has 5 heteroatoms. The number of nitrogens with zero attached hydrogens (tertiary/aromatic N) is 1. The lowest BCUT2D eigenvalue weighted by Crippen LogP contribution is -2.27. The first kappa shape index (κ1) is 19.1. The number of ether oxygens (including phenoxy) is 2. The zero-order valence-corrected chi connectivity index (χ0v) is 16.1. The predicted octanol–water partition coefficient (Wildman–Crippen LogP) is 5.03. The van der Waals surface area contributed by atoms with E-state index in [4.69, 9.17) is 21.1 Å². The summed E-state index contributed by atoms with van der Waals surface area (Å²) in [5, 5.41) is 0.366. The van der Waals surface area contributed by atoms with Crippen LogP contribution in [0.4, 0.5) is 5.69 Å². The van der Waals surface area contributed by atoms with Crippen LogP contribution in [0.3, 0.4) is 0 Å². The molecule has 0 radical (unpaired) electrons. The summed E-state index contributed by atoms with van der Waals surface area (Å²) in [4.78, 5) is 14.6. The molecule has 0 saturated carbocycles. The minimum Gasteiger partial charge on any atom is -0.493 e. The van der Waals surface area contributed by atoms with Crippen molar-refractivity contribution in [3.8, 4) is 11.5 Å². The van der Waals surface area contributed by atoms with Gasteiger partial charge in [-0.3, -0.25) is 4.79 Å². The molecule has 0 saturated heterocycles. The summed E-state index contributed by atoms with van der Waals surface area (Å²) in [6, 6.07) is 9.19. The monoisotopic (exact) mass is 361 g/mol. The van der Waals surface area contributed by atoms with Crippen LogP contribution in [0, 0.1) is 13.8 Å². The van der Waals surface area contributed by atoms with Crippen molar-refractivity contribution < 1.29 is 14.3 Å². The molecule has 2 aromatic rings. The second-order valence-electron chi connectivity index (χ2n) is 5.92. The first-order valence-corrected chi connectivity index (χ1v) is 8.63. The van der Waals surface area contributed by atoms with E-state index in [-0.39, 0.29) is 5.91 Å². The molecule has 2 rings (SSSR count). The van der Waals surface area contributed by atoms with Crippen LogP contribution in [-0.4, -0.2) is 26.7 Å². The number of carbonyl (C=O) groups is 1. The topological polar surface area (TPSA) is 38.8 Å². The summed E-state index contributed by atoms with van der Waals surface area (Å²) in [5.41, 5.74) is 3.52. The van der Waals surface area contributed by atoms with Crippen LogP contribution in [-0.2, 0) is 0 Å². The Morgan fingerprint density at radius 3 is 2.60 bits per heavy atom. The van der Waals surface area contributed by atoms with Gasteiger partial charge in [0.05, 0.1) is 18.7 Å². The summed E-state index contributed by atoms with van der Waals surface area (Å²) < 4.78 is 11.0. The highest BCUT2D eigenvalue weighted by Crippen LogP contribution is 2.37. The minimum absolute atomic E-state index is 0.157. The number of hydrogen-bond donors (Lipinski definition) is 0. The Bertz CT molecular complexity index is 774. The molecule has 0 unspecified atom stereocenters. The molecule has 0 aliphatic heterocycles. The van der Waals surface area contributed by atoms with Crippen molar-refractivity contribution in [2.75, 3.05) is 25.7 Å². The average molecular weight is 362 g/mol. The van der Waals surface area contributed by atoms with Crippen molar-refractivity contribution in [3.05, 3.63) is 52.0 Å².